The van der Waals surface area contributed by atoms with Crippen LogP contribution in [-0.2, 0) is 6.42 Å². The molecule has 0 amide bonds. The van der Waals surface area contributed by atoms with E-state index in [-0.39, 0.29) is 12.2 Å². The topological polar surface area (TPSA) is 17.1 Å². The summed E-state index contributed by atoms with van der Waals surface area (Å²) in [7, 11) is 0. The monoisotopic (exact) mass is 276 g/mol. The van der Waals surface area contributed by atoms with Gasteiger partial charge < -0.3 is 0 Å². The second kappa shape index (κ2) is 5.54. The molecule has 0 saturated heterocycles. The van der Waals surface area contributed by atoms with Gasteiger partial charge in [-0.1, -0.05) is 23.7 Å². The molecule has 0 N–H and O–H groups in total. The number of hydrogen-bond acceptors (Lipinski definition) is 1. The van der Waals surface area contributed by atoms with Gasteiger partial charge in [0.1, 0.15) is 5.82 Å². The van der Waals surface area contributed by atoms with E-state index in [1.165, 1.54) is 18.2 Å². The first kappa shape index (κ1) is 13.8. The number of carbonyl (C=O) groups is 1. The second-order valence-corrected chi connectivity index (χ2v) is 5.07. The van der Waals surface area contributed by atoms with Crippen LogP contribution in [-0.4, -0.2) is 5.78 Å². The number of halogens is 2. The predicted octanol–water partition coefficient (Wildman–Crippen LogP) is 4.52. The lowest BCUT2D eigenvalue weighted by Crippen LogP contribution is -2.06. The Morgan fingerprint density at radius 1 is 1.11 bits per heavy atom. The minimum absolute atomic E-state index is 0.0227. The Morgan fingerprint density at radius 2 is 1.84 bits per heavy atom. The molecule has 0 fully saturated rings. The number of carbonyl (C=O) groups excluding carboxylic acids is 1. The molecule has 0 aliphatic heterocycles. The van der Waals surface area contributed by atoms with Crippen LogP contribution < -0.4 is 0 Å². The third kappa shape index (κ3) is 3.21. The highest BCUT2D eigenvalue weighted by Gasteiger charge is 2.11. The molecule has 1 nitrogen and oxygen atoms in total. The fourth-order valence-corrected chi connectivity index (χ4v) is 2.06. The van der Waals surface area contributed by atoms with Crippen molar-refractivity contribution in [1.82, 2.24) is 0 Å². The van der Waals surface area contributed by atoms with Crippen molar-refractivity contribution in [3.05, 3.63) is 69.5 Å². The normalized spacial score (nSPS) is 10.5. The summed E-state index contributed by atoms with van der Waals surface area (Å²) in [5.74, 6) is -0.508. The Balaban J connectivity index is 2.25. The third-order valence-corrected chi connectivity index (χ3v) is 3.42. The highest BCUT2D eigenvalue weighted by molar-refractivity contribution is 6.30. The molecule has 0 aliphatic carbocycles. The van der Waals surface area contributed by atoms with Crippen LogP contribution in [0, 0.1) is 19.7 Å². The van der Waals surface area contributed by atoms with E-state index in [4.69, 9.17) is 11.6 Å². The van der Waals surface area contributed by atoms with Crippen LogP contribution in [0.3, 0.4) is 0 Å². The number of ketones is 1. The van der Waals surface area contributed by atoms with E-state index in [0.29, 0.717) is 16.1 Å². The van der Waals surface area contributed by atoms with E-state index in [9.17, 15) is 9.18 Å². The maximum absolute atomic E-state index is 13.6. The van der Waals surface area contributed by atoms with Crippen molar-refractivity contribution in [3.63, 3.8) is 0 Å². The van der Waals surface area contributed by atoms with E-state index < -0.39 is 5.82 Å². The van der Waals surface area contributed by atoms with Gasteiger partial charge in [0.15, 0.2) is 5.78 Å². The standard InChI is InChI=1S/C16H14ClFO/c1-10-3-4-12(7-11(10)2)16(19)9-13-8-14(17)5-6-15(13)18/h3-8H,9H2,1-2H3. The lowest BCUT2D eigenvalue weighted by Gasteiger charge is -2.06. The number of rotatable bonds is 3. The molecule has 19 heavy (non-hydrogen) atoms. The molecule has 0 bridgehead atoms. The van der Waals surface area contributed by atoms with E-state index in [1.54, 1.807) is 6.07 Å². The molecule has 3 heteroatoms. The van der Waals surface area contributed by atoms with Crippen LogP contribution in [0.15, 0.2) is 36.4 Å². The van der Waals surface area contributed by atoms with Gasteiger partial charge in [-0.2, -0.15) is 0 Å². The summed E-state index contributed by atoms with van der Waals surface area (Å²) in [6.07, 6.45) is 0.0227. The molecule has 98 valence electrons. The maximum Gasteiger partial charge on any atom is 0.167 e. The summed E-state index contributed by atoms with van der Waals surface area (Å²) in [4.78, 5) is 12.1. The van der Waals surface area contributed by atoms with Crippen molar-refractivity contribution in [2.75, 3.05) is 0 Å². The third-order valence-electron chi connectivity index (χ3n) is 3.19. The zero-order valence-electron chi connectivity index (χ0n) is 10.8. The quantitative estimate of drug-likeness (QED) is 0.753. The molecule has 0 aliphatic rings. The van der Waals surface area contributed by atoms with Gasteiger partial charge >= 0.3 is 0 Å². The van der Waals surface area contributed by atoms with Gasteiger partial charge in [0.05, 0.1) is 0 Å². The largest absolute Gasteiger partial charge is 0.294 e. The molecular weight excluding hydrogens is 263 g/mol. The van der Waals surface area contributed by atoms with E-state index in [2.05, 4.69) is 0 Å². The minimum atomic E-state index is -0.401. The van der Waals surface area contributed by atoms with Crippen LogP contribution in [0.2, 0.25) is 5.02 Å². The van der Waals surface area contributed by atoms with Crippen LogP contribution in [0.25, 0.3) is 0 Å². The Morgan fingerprint density at radius 3 is 2.53 bits per heavy atom. The van der Waals surface area contributed by atoms with Crippen molar-refractivity contribution in [1.29, 1.82) is 0 Å². The fraction of sp³-hybridized carbons (Fsp3) is 0.188. The number of hydrogen-bond donors (Lipinski definition) is 0. The number of Topliss-reactive ketones (excluding diaryl/α,β-unsaturated/α-hetero) is 1. The van der Waals surface area contributed by atoms with E-state index >= 15 is 0 Å². The molecule has 0 atom stereocenters. The molecule has 0 heterocycles. The van der Waals surface area contributed by atoms with Crippen LogP contribution >= 0.6 is 11.6 Å². The summed E-state index contributed by atoms with van der Waals surface area (Å²) in [5.41, 5.74) is 3.11. The SMILES string of the molecule is Cc1ccc(C(=O)Cc2cc(Cl)ccc2F)cc1C. The van der Waals surface area contributed by atoms with Crippen LogP contribution in [0.1, 0.15) is 27.0 Å². The average Bonchev–Trinajstić information content (AvgIpc) is 2.37. The maximum atomic E-state index is 13.6. The van der Waals surface area contributed by atoms with Gasteiger partial charge in [-0.05, 0) is 54.8 Å². The molecule has 0 radical (unpaired) electrons. The van der Waals surface area contributed by atoms with Crippen molar-refractivity contribution in [2.24, 2.45) is 0 Å². The molecule has 2 aromatic carbocycles. The smallest absolute Gasteiger partial charge is 0.167 e. The average molecular weight is 277 g/mol. The summed E-state index contributed by atoms with van der Waals surface area (Å²) < 4.78 is 13.6. The van der Waals surface area contributed by atoms with Gasteiger partial charge in [-0.3, -0.25) is 4.79 Å². The molecule has 0 saturated carbocycles. The Bertz CT molecular complexity index is 635. The molecule has 0 unspecified atom stereocenters. The van der Waals surface area contributed by atoms with Gasteiger partial charge in [0, 0.05) is 17.0 Å². The zero-order chi connectivity index (χ0) is 14.0. The predicted molar refractivity (Wildman–Crippen MR) is 75.4 cm³/mol. The van der Waals surface area contributed by atoms with Crippen molar-refractivity contribution in [2.45, 2.75) is 20.3 Å². The summed E-state index contributed by atoms with van der Waals surface area (Å²) in [6, 6.07) is 9.76. The van der Waals surface area contributed by atoms with Gasteiger partial charge in [-0.25, -0.2) is 4.39 Å². The first-order valence-electron chi connectivity index (χ1n) is 6.02. The van der Waals surface area contributed by atoms with Gasteiger partial charge in [0.2, 0.25) is 0 Å². The molecule has 0 aromatic heterocycles. The summed E-state index contributed by atoms with van der Waals surface area (Å²) in [6.45, 7) is 3.94. The van der Waals surface area contributed by atoms with Crippen molar-refractivity contribution in [3.8, 4) is 0 Å². The van der Waals surface area contributed by atoms with E-state index in [0.717, 1.165) is 11.1 Å². The Kier molecular flexibility index (Phi) is 4.01. The molecule has 2 aromatic rings. The Hall–Kier alpha value is -1.67. The molecule has 0 spiro atoms. The first-order chi connectivity index (χ1) is 8.97. The lowest BCUT2D eigenvalue weighted by molar-refractivity contribution is 0.0991. The number of aryl methyl sites for hydroxylation is 2. The lowest BCUT2D eigenvalue weighted by atomic mass is 9.99. The van der Waals surface area contributed by atoms with Gasteiger partial charge in [0.25, 0.3) is 0 Å². The second-order valence-electron chi connectivity index (χ2n) is 4.63. The minimum Gasteiger partial charge on any atom is -0.294 e. The van der Waals surface area contributed by atoms with Crippen molar-refractivity contribution >= 4 is 17.4 Å². The fourth-order valence-electron chi connectivity index (χ4n) is 1.87. The number of benzene rings is 2. The Labute approximate surface area is 117 Å². The molecule has 2 rings (SSSR count). The highest BCUT2D eigenvalue weighted by atomic mass is 35.5. The van der Waals surface area contributed by atoms with Gasteiger partial charge in [-0.15, -0.1) is 0 Å². The summed E-state index contributed by atoms with van der Waals surface area (Å²) >= 11 is 5.81. The van der Waals surface area contributed by atoms with Crippen molar-refractivity contribution < 1.29 is 9.18 Å². The van der Waals surface area contributed by atoms with E-state index in [1.807, 2.05) is 26.0 Å². The summed E-state index contributed by atoms with van der Waals surface area (Å²) in [5, 5.41) is 0.435. The first-order valence-corrected chi connectivity index (χ1v) is 6.39. The molecular formula is C16H14ClFO. The van der Waals surface area contributed by atoms with Crippen LogP contribution in [0.5, 0.6) is 0 Å². The zero-order valence-corrected chi connectivity index (χ0v) is 11.6. The van der Waals surface area contributed by atoms with Crippen LogP contribution in [0.4, 0.5) is 4.39 Å². The highest BCUT2D eigenvalue weighted by Crippen LogP contribution is 2.18.